The van der Waals surface area contributed by atoms with Crippen LogP contribution in [0.4, 0.5) is 0 Å². The molecule has 0 aromatic carbocycles. The smallest absolute Gasteiger partial charge is 0.181 e. The van der Waals surface area contributed by atoms with Gasteiger partial charge in [0.25, 0.3) is 0 Å². The van der Waals surface area contributed by atoms with Crippen molar-refractivity contribution in [3.63, 3.8) is 0 Å². The Morgan fingerprint density at radius 1 is 1.36 bits per heavy atom. The summed E-state index contributed by atoms with van der Waals surface area (Å²) in [5, 5.41) is 0. The average molecular weight is 213 g/mol. The molecule has 0 atom stereocenters. The van der Waals surface area contributed by atoms with Crippen LogP contribution >= 0.6 is 15.9 Å². The predicted octanol–water partition coefficient (Wildman–Crippen LogP) is 1.13. The number of rotatable bonds is 0. The Morgan fingerprint density at radius 3 is 2.91 bits per heavy atom. The quantitative estimate of drug-likeness (QED) is 0.616. The maximum absolute atomic E-state index is 4.06. The third kappa shape index (κ3) is 0.920. The molecule has 0 spiro atoms. The number of hydrogen-bond acceptors (Lipinski definition) is 3. The Hall–Kier alpha value is -0.970. The Balaban J connectivity index is 2.96. The van der Waals surface area contributed by atoms with Crippen molar-refractivity contribution in [2.24, 2.45) is 7.05 Å². The zero-order valence-corrected chi connectivity index (χ0v) is 7.41. The minimum absolute atomic E-state index is 0.717. The first kappa shape index (κ1) is 6.72. The van der Waals surface area contributed by atoms with Crippen LogP contribution in [-0.4, -0.2) is 19.5 Å². The van der Waals surface area contributed by atoms with E-state index in [1.807, 2.05) is 11.6 Å². The summed E-state index contributed by atoms with van der Waals surface area (Å²) in [5.41, 5.74) is 1.64. The summed E-state index contributed by atoms with van der Waals surface area (Å²) >= 11 is 3.31. The molecule has 0 N–H and O–H groups in total. The maximum Gasteiger partial charge on any atom is 0.181 e. The van der Waals surface area contributed by atoms with Crippen molar-refractivity contribution >= 4 is 27.1 Å². The molecule has 0 saturated heterocycles. The molecule has 2 aromatic heterocycles. The number of fused-ring (bicyclic) bond motifs is 1. The van der Waals surface area contributed by atoms with Crippen molar-refractivity contribution in [3.8, 4) is 0 Å². The Labute approximate surface area is 71.4 Å². The highest BCUT2D eigenvalue weighted by atomic mass is 79.9. The number of imidazole rings is 1. The molecule has 5 heteroatoms. The predicted molar refractivity (Wildman–Crippen MR) is 44.0 cm³/mol. The molecule has 2 heterocycles. The fourth-order valence-electron chi connectivity index (χ4n) is 0.946. The summed E-state index contributed by atoms with van der Waals surface area (Å²) in [7, 11) is 1.91. The highest BCUT2D eigenvalue weighted by Crippen LogP contribution is 2.16. The van der Waals surface area contributed by atoms with Gasteiger partial charge in [0.2, 0.25) is 0 Å². The molecule has 0 radical (unpaired) electrons. The first-order valence-electron chi connectivity index (χ1n) is 3.06. The zero-order chi connectivity index (χ0) is 7.84. The third-order valence-electron chi connectivity index (χ3n) is 1.46. The molecule has 4 nitrogen and oxygen atoms in total. The van der Waals surface area contributed by atoms with Gasteiger partial charge >= 0.3 is 0 Å². The summed E-state index contributed by atoms with van der Waals surface area (Å²) < 4.78 is 2.65. The first-order valence-corrected chi connectivity index (χ1v) is 3.86. The van der Waals surface area contributed by atoms with E-state index < -0.39 is 0 Å². The second-order valence-corrected chi connectivity index (χ2v) is 2.94. The second-order valence-electron chi connectivity index (χ2n) is 2.19. The lowest BCUT2D eigenvalue weighted by molar-refractivity contribution is 0.941. The molecule has 11 heavy (non-hydrogen) atoms. The lowest BCUT2D eigenvalue weighted by atomic mass is 10.5. The van der Waals surface area contributed by atoms with E-state index in [4.69, 9.17) is 0 Å². The number of aromatic nitrogens is 4. The van der Waals surface area contributed by atoms with Gasteiger partial charge in [0.15, 0.2) is 5.65 Å². The van der Waals surface area contributed by atoms with Crippen molar-refractivity contribution in [2.75, 3.05) is 0 Å². The summed E-state index contributed by atoms with van der Waals surface area (Å²) in [6, 6.07) is 0. The van der Waals surface area contributed by atoms with E-state index in [1.165, 1.54) is 6.33 Å². The van der Waals surface area contributed by atoms with Gasteiger partial charge in [-0.25, -0.2) is 15.0 Å². The van der Waals surface area contributed by atoms with E-state index in [9.17, 15) is 0 Å². The zero-order valence-electron chi connectivity index (χ0n) is 5.82. The summed E-state index contributed by atoms with van der Waals surface area (Å²) in [6.07, 6.45) is 3.20. The van der Waals surface area contributed by atoms with Crippen LogP contribution in [0, 0.1) is 0 Å². The molecule has 2 rings (SSSR count). The molecule has 0 aliphatic heterocycles. The Bertz CT molecular complexity index is 394. The summed E-state index contributed by atoms with van der Waals surface area (Å²) in [5.74, 6) is 0. The van der Waals surface area contributed by atoms with Crippen molar-refractivity contribution in [1.29, 1.82) is 0 Å². The molecule has 0 aliphatic rings. The van der Waals surface area contributed by atoms with E-state index in [0.29, 0.717) is 0 Å². The lowest BCUT2D eigenvalue weighted by Crippen LogP contribution is -1.88. The molecule has 0 amide bonds. The molecule has 2 aromatic rings. The van der Waals surface area contributed by atoms with Crippen LogP contribution in [0.5, 0.6) is 0 Å². The maximum atomic E-state index is 4.06. The van der Waals surface area contributed by atoms with Crippen LogP contribution in [0.25, 0.3) is 11.2 Å². The van der Waals surface area contributed by atoms with Gasteiger partial charge in [-0.3, -0.25) is 0 Å². The Morgan fingerprint density at radius 2 is 2.18 bits per heavy atom. The highest BCUT2D eigenvalue weighted by molar-refractivity contribution is 9.10. The summed E-state index contributed by atoms with van der Waals surface area (Å²) in [4.78, 5) is 12.0. The summed E-state index contributed by atoms with van der Waals surface area (Å²) in [6.45, 7) is 0. The number of hydrogen-bond donors (Lipinski definition) is 0. The fourth-order valence-corrected chi connectivity index (χ4v) is 1.49. The van der Waals surface area contributed by atoms with E-state index in [-0.39, 0.29) is 0 Å². The van der Waals surface area contributed by atoms with Gasteiger partial charge in [0, 0.05) is 7.05 Å². The molecule has 0 unspecified atom stereocenters. The minimum Gasteiger partial charge on any atom is -0.330 e. The topological polar surface area (TPSA) is 43.6 Å². The van der Waals surface area contributed by atoms with Crippen LogP contribution in [0.15, 0.2) is 17.3 Å². The van der Waals surface area contributed by atoms with E-state index in [0.717, 1.165) is 15.8 Å². The molecule has 0 aliphatic carbocycles. The van der Waals surface area contributed by atoms with Crippen molar-refractivity contribution in [2.45, 2.75) is 0 Å². The van der Waals surface area contributed by atoms with E-state index in [2.05, 4.69) is 30.9 Å². The number of aryl methyl sites for hydroxylation is 1. The largest absolute Gasteiger partial charge is 0.330 e. The van der Waals surface area contributed by atoms with Gasteiger partial charge in [-0.15, -0.1) is 0 Å². The molecular formula is C6H5BrN4. The lowest BCUT2D eigenvalue weighted by Gasteiger charge is -1.93. The van der Waals surface area contributed by atoms with E-state index in [1.54, 1.807) is 6.33 Å². The second kappa shape index (κ2) is 2.27. The highest BCUT2D eigenvalue weighted by Gasteiger charge is 2.04. The monoisotopic (exact) mass is 212 g/mol. The average Bonchev–Trinajstić information content (AvgIpc) is 2.34. The van der Waals surface area contributed by atoms with Crippen LogP contribution in [0.2, 0.25) is 0 Å². The number of halogens is 1. The van der Waals surface area contributed by atoms with E-state index >= 15 is 0 Å². The normalized spacial score (nSPS) is 10.7. The fraction of sp³-hybridized carbons (Fsp3) is 0.167. The van der Waals surface area contributed by atoms with Gasteiger partial charge in [0.1, 0.15) is 16.4 Å². The first-order chi connectivity index (χ1) is 5.29. The SMILES string of the molecule is Cn1cnc2ncnc(Br)c21. The molecule has 0 bridgehead atoms. The van der Waals surface area contributed by atoms with Gasteiger partial charge in [-0.2, -0.15) is 0 Å². The molecular weight excluding hydrogens is 208 g/mol. The van der Waals surface area contributed by atoms with Crippen LogP contribution < -0.4 is 0 Å². The number of nitrogens with zero attached hydrogens (tertiary/aromatic N) is 4. The van der Waals surface area contributed by atoms with Gasteiger partial charge in [-0.05, 0) is 15.9 Å². The van der Waals surface area contributed by atoms with Crippen molar-refractivity contribution in [3.05, 3.63) is 17.3 Å². The van der Waals surface area contributed by atoms with Crippen LogP contribution in [0.3, 0.4) is 0 Å². The van der Waals surface area contributed by atoms with Crippen LogP contribution in [-0.2, 0) is 7.05 Å². The molecule has 56 valence electrons. The van der Waals surface area contributed by atoms with Gasteiger partial charge < -0.3 is 4.57 Å². The minimum atomic E-state index is 0.717. The van der Waals surface area contributed by atoms with Crippen molar-refractivity contribution < 1.29 is 0 Å². The van der Waals surface area contributed by atoms with Gasteiger partial charge in [-0.1, -0.05) is 0 Å². The third-order valence-corrected chi connectivity index (χ3v) is 2.04. The van der Waals surface area contributed by atoms with Crippen molar-refractivity contribution in [1.82, 2.24) is 19.5 Å². The Kier molecular flexibility index (Phi) is 1.38. The molecule has 0 saturated carbocycles. The molecule has 0 fully saturated rings. The van der Waals surface area contributed by atoms with Crippen LogP contribution in [0.1, 0.15) is 0 Å². The van der Waals surface area contributed by atoms with Gasteiger partial charge in [0.05, 0.1) is 6.33 Å². The standard InChI is InChI=1S/C6H5BrN4/c1-11-3-10-6-4(11)5(7)8-2-9-6/h2-3H,1H3.